The zero-order valence-corrected chi connectivity index (χ0v) is 18.8. The van der Waals surface area contributed by atoms with Crippen molar-refractivity contribution in [3.63, 3.8) is 0 Å². The molecule has 174 valence electrons. The number of rotatable bonds is 5. The predicted molar refractivity (Wildman–Crippen MR) is 118 cm³/mol. The molecule has 4 amide bonds. The lowest BCUT2D eigenvalue weighted by molar-refractivity contribution is -0.147. The molecule has 7 nitrogen and oxygen atoms in total. The zero-order valence-electron chi connectivity index (χ0n) is 18.8. The van der Waals surface area contributed by atoms with Gasteiger partial charge >= 0.3 is 0 Å². The first-order valence-corrected chi connectivity index (χ1v) is 12.8. The van der Waals surface area contributed by atoms with E-state index in [0.29, 0.717) is 0 Å². The minimum atomic E-state index is -0.211. The van der Waals surface area contributed by atoms with Gasteiger partial charge in [0.05, 0.1) is 37.0 Å². The van der Waals surface area contributed by atoms with E-state index in [-0.39, 0.29) is 90.4 Å². The molecule has 0 radical (unpaired) electrons. The Hall–Kier alpha value is -2.28. The lowest BCUT2D eigenvalue weighted by Crippen LogP contribution is -2.52. The van der Waals surface area contributed by atoms with Gasteiger partial charge < -0.3 is 0 Å². The quantitative estimate of drug-likeness (QED) is 0.475. The van der Waals surface area contributed by atoms with Crippen molar-refractivity contribution in [1.82, 2.24) is 14.7 Å². The van der Waals surface area contributed by atoms with Crippen LogP contribution < -0.4 is 0 Å². The molecule has 8 atom stereocenters. The number of hydrogen-bond acceptors (Lipinski definition) is 5. The Labute approximate surface area is 193 Å². The third-order valence-electron chi connectivity index (χ3n) is 9.86. The summed E-state index contributed by atoms with van der Waals surface area (Å²) in [5.74, 6) is -0.310. The van der Waals surface area contributed by atoms with Gasteiger partial charge in [0.2, 0.25) is 23.6 Å². The van der Waals surface area contributed by atoms with Crippen LogP contribution in [-0.2, 0) is 19.2 Å². The Morgan fingerprint density at radius 3 is 1.33 bits per heavy atom. The predicted octanol–water partition coefficient (Wildman–Crippen LogP) is 2.15. The van der Waals surface area contributed by atoms with Gasteiger partial charge in [0, 0.05) is 6.04 Å². The first kappa shape index (κ1) is 20.1. The summed E-state index contributed by atoms with van der Waals surface area (Å²) in [5, 5.41) is 0. The minimum Gasteiger partial charge on any atom is -0.274 e. The van der Waals surface area contributed by atoms with Gasteiger partial charge in [0.15, 0.2) is 0 Å². The fraction of sp³-hybridized carbons (Fsp3) is 0.692. The van der Waals surface area contributed by atoms with Gasteiger partial charge in [-0.05, 0) is 49.4 Å². The summed E-state index contributed by atoms with van der Waals surface area (Å²) >= 11 is 0. The molecule has 0 spiro atoms. The number of fused-ring (bicyclic) bond motifs is 10. The Morgan fingerprint density at radius 1 is 0.606 bits per heavy atom. The van der Waals surface area contributed by atoms with Crippen LogP contribution in [0.4, 0.5) is 0 Å². The highest BCUT2D eigenvalue weighted by Gasteiger charge is 2.61. The minimum absolute atomic E-state index is 0.0548. The second-order valence-electron chi connectivity index (χ2n) is 11.4. The first-order chi connectivity index (χ1) is 16.0. The Morgan fingerprint density at radius 2 is 0.970 bits per heavy atom. The highest BCUT2D eigenvalue weighted by Crippen LogP contribution is 2.54. The van der Waals surface area contributed by atoms with Gasteiger partial charge in [0.1, 0.15) is 0 Å². The average molecular weight is 450 g/mol. The summed E-state index contributed by atoms with van der Waals surface area (Å²) in [4.78, 5) is 58.3. The number of amides is 4. The second kappa shape index (κ2) is 7.11. The van der Waals surface area contributed by atoms with Crippen LogP contribution >= 0.6 is 0 Å². The molecular formula is C26H31N3O4. The lowest BCUT2D eigenvalue weighted by atomic mass is 9.85. The van der Waals surface area contributed by atoms with E-state index in [1.54, 1.807) is 0 Å². The number of allylic oxidation sites excluding steroid dienone is 4. The van der Waals surface area contributed by atoms with Crippen molar-refractivity contribution in [3.8, 4) is 0 Å². The summed E-state index contributed by atoms with van der Waals surface area (Å²) in [7, 11) is 0. The lowest BCUT2D eigenvalue weighted by Gasteiger charge is -2.38. The van der Waals surface area contributed by atoms with Crippen LogP contribution in [0.25, 0.3) is 0 Å². The summed E-state index contributed by atoms with van der Waals surface area (Å²) in [6.45, 7) is 0.401. The molecule has 0 N–H and O–H groups in total. The van der Waals surface area contributed by atoms with Gasteiger partial charge in [-0.3, -0.25) is 33.9 Å². The molecule has 33 heavy (non-hydrogen) atoms. The van der Waals surface area contributed by atoms with Gasteiger partial charge in [-0.2, -0.15) is 0 Å². The molecule has 7 heteroatoms. The third kappa shape index (κ3) is 2.71. The monoisotopic (exact) mass is 449 g/mol. The van der Waals surface area contributed by atoms with Crippen LogP contribution in [0.2, 0.25) is 0 Å². The van der Waals surface area contributed by atoms with Gasteiger partial charge in [0.25, 0.3) is 0 Å². The molecule has 0 aromatic rings. The third-order valence-corrected chi connectivity index (χ3v) is 9.86. The number of carbonyl (C=O) groups is 4. The van der Waals surface area contributed by atoms with Crippen LogP contribution in [0, 0.1) is 47.3 Å². The number of carbonyl (C=O) groups excluding carboxylic acids is 4. The number of imide groups is 2. The van der Waals surface area contributed by atoms with Crippen LogP contribution in [0.3, 0.4) is 0 Å². The van der Waals surface area contributed by atoms with Crippen molar-refractivity contribution in [1.29, 1.82) is 0 Å². The highest BCUT2D eigenvalue weighted by molar-refractivity contribution is 6.07. The Bertz CT molecular complexity index is 867. The van der Waals surface area contributed by atoms with E-state index < -0.39 is 0 Å². The topological polar surface area (TPSA) is 78.0 Å². The van der Waals surface area contributed by atoms with E-state index in [0.717, 1.165) is 38.5 Å². The largest absolute Gasteiger partial charge is 0.274 e. The van der Waals surface area contributed by atoms with Crippen molar-refractivity contribution >= 4 is 23.6 Å². The van der Waals surface area contributed by atoms with Crippen LogP contribution in [0.1, 0.15) is 44.9 Å². The van der Waals surface area contributed by atoms with E-state index >= 15 is 0 Å². The van der Waals surface area contributed by atoms with Crippen molar-refractivity contribution in [2.75, 3.05) is 13.3 Å². The molecule has 5 fully saturated rings. The maximum Gasteiger partial charge on any atom is 0.234 e. The summed E-state index contributed by atoms with van der Waals surface area (Å²) in [6, 6.07) is 0.186. The summed E-state index contributed by atoms with van der Waals surface area (Å²) < 4.78 is 0. The molecule has 2 saturated heterocycles. The second-order valence-corrected chi connectivity index (χ2v) is 11.4. The van der Waals surface area contributed by atoms with Crippen LogP contribution in [0.5, 0.6) is 0 Å². The molecule has 0 aromatic heterocycles. The van der Waals surface area contributed by atoms with Crippen molar-refractivity contribution < 1.29 is 19.2 Å². The molecule has 7 rings (SSSR count). The fourth-order valence-electron chi connectivity index (χ4n) is 8.29. The molecule has 4 bridgehead atoms. The van der Waals surface area contributed by atoms with E-state index in [4.69, 9.17) is 0 Å². The number of hydrogen-bond donors (Lipinski definition) is 0. The van der Waals surface area contributed by atoms with Gasteiger partial charge in [-0.25, -0.2) is 0 Å². The van der Waals surface area contributed by atoms with Crippen molar-refractivity contribution in [2.24, 2.45) is 47.3 Å². The summed E-state index contributed by atoms with van der Waals surface area (Å²) in [6.07, 6.45) is 15.6. The highest BCUT2D eigenvalue weighted by atomic mass is 16.2. The molecule has 0 aromatic carbocycles. The maximum atomic E-state index is 13.3. The fourth-order valence-corrected chi connectivity index (χ4v) is 8.29. The van der Waals surface area contributed by atoms with E-state index in [1.165, 1.54) is 16.2 Å². The standard InChI is InChI=1S/C26H31N3O4/c30-23-19-14-6-7-15(10-14)20(19)24(31)28(23)12-27(18-4-2-1-3-5-18)13-29-25(32)21-16-8-9-17(11-16)22(21)26(29)33/h6-9,14-22H,1-5,10-13H2/t14-,15-,16-,17+,19-,20+,21-,22-/m0/s1. The first-order valence-electron chi connectivity index (χ1n) is 12.8. The molecule has 7 aliphatic rings. The van der Waals surface area contributed by atoms with Gasteiger partial charge in [-0.15, -0.1) is 0 Å². The van der Waals surface area contributed by atoms with Crippen molar-refractivity contribution in [3.05, 3.63) is 24.3 Å². The van der Waals surface area contributed by atoms with Crippen molar-refractivity contribution in [2.45, 2.75) is 51.0 Å². The molecule has 0 unspecified atom stereocenters. The Kier molecular flexibility index (Phi) is 4.34. The maximum absolute atomic E-state index is 13.3. The Balaban J connectivity index is 1.14. The molecule has 5 aliphatic carbocycles. The normalized spacial score (nSPS) is 43.2. The molecular weight excluding hydrogens is 418 g/mol. The summed E-state index contributed by atoms with van der Waals surface area (Å²) in [5.41, 5.74) is 0. The number of nitrogens with zero attached hydrogens (tertiary/aromatic N) is 3. The smallest absolute Gasteiger partial charge is 0.234 e. The average Bonchev–Trinajstić information content (AvgIpc) is 3.66. The SMILES string of the molecule is O=C1[C@@H]2[C@@H](C(=O)N1CN(CN1C(=O)[C@@H]3[C@H](C1=O)[C@H]1C=C[C@H]3C1)C1CCCCC1)[C@H]1C=C[C@@H]2C1. The van der Waals surface area contributed by atoms with Gasteiger partial charge in [-0.1, -0.05) is 43.6 Å². The number of likely N-dealkylation sites (tertiary alicyclic amines) is 2. The molecule has 3 saturated carbocycles. The van der Waals surface area contributed by atoms with E-state index in [1.807, 2.05) is 0 Å². The molecule has 2 aliphatic heterocycles. The van der Waals surface area contributed by atoms with Crippen LogP contribution in [-0.4, -0.2) is 57.7 Å². The van der Waals surface area contributed by atoms with E-state index in [9.17, 15) is 19.2 Å². The zero-order chi connectivity index (χ0) is 22.4. The van der Waals surface area contributed by atoms with E-state index in [2.05, 4.69) is 29.2 Å². The van der Waals surface area contributed by atoms with Crippen LogP contribution in [0.15, 0.2) is 24.3 Å². The molecule has 2 heterocycles.